The highest BCUT2D eigenvalue weighted by atomic mass is 19.1. The Bertz CT molecular complexity index is 380. The van der Waals surface area contributed by atoms with Crippen LogP contribution in [0.5, 0.6) is 0 Å². The van der Waals surface area contributed by atoms with Crippen molar-refractivity contribution in [3.05, 3.63) is 35.1 Å². The van der Waals surface area contributed by atoms with Crippen molar-refractivity contribution in [1.82, 2.24) is 5.32 Å². The summed E-state index contributed by atoms with van der Waals surface area (Å²) in [5, 5.41) is 3.46. The van der Waals surface area contributed by atoms with Crippen LogP contribution in [0.25, 0.3) is 0 Å². The van der Waals surface area contributed by atoms with Crippen LogP contribution in [-0.4, -0.2) is 13.1 Å². The Hall–Kier alpha value is -0.890. The smallest absolute Gasteiger partial charge is 0.126 e. The van der Waals surface area contributed by atoms with E-state index in [1.807, 2.05) is 6.07 Å². The lowest BCUT2D eigenvalue weighted by atomic mass is 9.76. The summed E-state index contributed by atoms with van der Waals surface area (Å²) in [5.41, 5.74) is 2.49. The van der Waals surface area contributed by atoms with Gasteiger partial charge >= 0.3 is 0 Å². The number of fused-ring (bicyclic) bond motifs is 2. The Kier molecular flexibility index (Phi) is 2.06. The van der Waals surface area contributed by atoms with Gasteiger partial charge in [0.05, 0.1) is 0 Å². The van der Waals surface area contributed by atoms with E-state index in [-0.39, 0.29) is 11.2 Å². The van der Waals surface area contributed by atoms with E-state index >= 15 is 0 Å². The molecule has 1 aliphatic heterocycles. The van der Waals surface area contributed by atoms with Gasteiger partial charge in [-0.15, -0.1) is 0 Å². The van der Waals surface area contributed by atoms with Gasteiger partial charge in [-0.25, -0.2) is 4.39 Å². The third kappa shape index (κ3) is 1.31. The Balaban J connectivity index is 2.06. The van der Waals surface area contributed by atoms with Gasteiger partial charge in [-0.3, -0.25) is 0 Å². The highest BCUT2D eigenvalue weighted by Gasteiger charge is 2.40. The van der Waals surface area contributed by atoms with Crippen molar-refractivity contribution in [3.63, 3.8) is 0 Å². The number of halogens is 1. The quantitative estimate of drug-likeness (QED) is 0.685. The Labute approximate surface area is 89.7 Å². The van der Waals surface area contributed by atoms with Crippen molar-refractivity contribution >= 4 is 0 Å². The summed E-state index contributed by atoms with van der Waals surface area (Å²) in [6, 6.07) is 5.57. The molecule has 0 saturated carbocycles. The monoisotopic (exact) mass is 205 g/mol. The number of benzene rings is 1. The van der Waals surface area contributed by atoms with Gasteiger partial charge < -0.3 is 5.32 Å². The molecule has 1 aromatic rings. The second-order valence-electron chi connectivity index (χ2n) is 4.83. The molecule has 80 valence electrons. The van der Waals surface area contributed by atoms with Crippen LogP contribution in [0.2, 0.25) is 0 Å². The number of rotatable bonds is 0. The molecule has 0 aromatic heterocycles. The maximum absolute atomic E-state index is 13.6. The van der Waals surface area contributed by atoms with Crippen molar-refractivity contribution in [2.24, 2.45) is 0 Å². The minimum atomic E-state index is -0.00468. The molecule has 1 saturated heterocycles. The first kappa shape index (κ1) is 9.34. The molecule has 0 amide bonds. The fourth-order valence-electron chi connectivity index (χ4n) is 3.22. The van der Waals surface area contributed by atoms with Gasteiger partial charge in [-0.1, -0.05) is 12.1 Å². The van der Waals surface area contributed by atoms with Crippen LogP contribution < -0.4 is 5.32 Å². The molecule has 1 aliphatic carbocycles. The zero-order valence-corrected chi connectivity index (χ0v) is 8.85. The molecule has 1 spiro atoms. The standard InChI is InChI=1S/C13H16FN/c14-12-4-1-3-11-10(12)5-7-13(11)6-2-8-15-9-13/h1,3-4,15H,2,5-9H2/t13-/m1/s1. The molecule has 1 aromatic carbocycles. The van der Waals surface area contributed by atoms with Crippen LogP contribution in [0, 0.1) is 5.82 Å². The van der Waals surface area contributed by atoms with E-state index in [0.717, 1.165) is 31.5 Å². The van der Waals surface area contributed by atoms with Crippen LogP contribution >= 0.6 is 0 Å². The SMILES string of the molecule is Fc1cccc2c1CC[C@@]21CCCNC1. The molecule has 2 aliphatic rings. The molecule has 0 unspecified atom stereocenters. The molecule has 1 nitrogen and oxygen atoms in total. The predicted octanol–water partition coefficient (Wildman–Crippen LogP) is 2.39. The lowest BCUT2D eigenvalue weighted by Gasteiger charge is -2.35. The largest absolute Gasteiger partial charge is 0.316 e. The second kappa shape index (κ2) is 3.31. The van der Waals surface area contributed by atoms with Gasteiger partial charge in [-0.05, 0) is 49.4 Å². The van der Waals surface area contributed by atoms with Gasteiger partial charge in [0.25, 0.3) is 0 Å². The van der Waals surface area contributed by atoms with Crippen molar-refractivity contribution in [3.8, 4) is 0 Å². The number of hydrogen-bond donors (Lipinski definition) is 1. The van der Waals surface area contributed by atoms with Crippen molar-refractivity contribution < 1.29 is 4.39 Å². The minimum absolute atomic E-state index is 0.00468. The zero-order chi connectivity index (χ0) is 10.3. The van der Waals surface area contributed by atoms with Crippen LogP contribution in [0.1, 0.15) is 30.4 Å². The van der Waals surface area contributed by atoms with Crippen LogP contribution in [0.4, 0.5) is 4.39 Å². The lowest BCUT2D eigenvalue weighted by Crippen LogP contribution is -2.41. The molecule has 1 fully saturated rings. The first-order valence-corrected chi connectivity index (χ1v) is 5.80. The lowest BCUT2D eigenvalue weighted by molar-refractivity contribution is 0.311. The molecule has 3 rings (SSSR count). The average molecular weight is 205 g/mol. The highest BCUT2D eigenvalue weighted by molar-refractivity contribution is 5.41. The molecular weight excluding hydrogens is 189 g/mol. The topological polar surface area (TPSA) is 12.0 Å². The molecule has 1 atom stereocenters. The van der Waals surface area contributed by atoms with Gasteiger partial charge in [0.15, 0.2) is 0 Å². The Morgan fingerprint density at radius 2 is 2.20 bits per heavy atom. The summed E-state index contributed by atoms with van der Waals surface area (Å²) < 4.78 is 13.6. The van der Waals surface area contributed by atoms with E-state index in [4.69, 9.17) is 0 Å². The fraction of sp³-hybridized carbons (Fsp3) is 0.538. The van der Waals surface area contributed by atoms with Gasteiger partial charge in [-0.2, -0.15) is 0 Å². The third-order valence-corrected chi connectivity index (χ3v) is 4.02. The highest BCUT2D eigenvalue weighted by Crippen LogP contribution is 2.43. The minimum Gasteiger partial charge on any atom is -0.316 e. The van der Waals surface area contributed by atoms with Crippen LogP contribution in [0.15, 0.2) is 18.2 Å². The first-order valence-electron chi connectivity index (χ1n) is 5.80. The fourth-order valence-corrected chi connectivity index (χ4v) is 3.22. The zero-order valence-electron chi connectivity index (χ0n) is 8.85. The van der Waals surface area contributed by atoms with Crippen LogP contribution in [-0.2, 0) is 11.8 Å². The second-order valence-corrected chi connectivity index (χ2v) is 4.83. The van der Waals surface area contributed by atoms with Crippen molar-refractivity contribution in [1.29, 1.82) is 0 Å². The number of nitrogens with one attached hydrogen (secondary N) is 1. The molecule has 1 N–H and O–H groups in total. The normalized spacial score (nSPS) is 29.4. The summed E-state index contributed by atoms with van der Waals surface area (Å²) in [7, 11) is 0. The average Bonchev–Trinajstić information content (AvgIpc) is 2.61. The molecule has 0 bridgehead atoms. The molecular formula is C13H16FN. The summed E-state index contributed by atoms with van der Waals surface area (Å²) in [4.78, 5) is 0. The number of hydrogen-bond acceptors (Lipinski definition) is 1. The van der Waals surface area contributed by atoms with E-state index in [2.05, 4.69) is 11.4 Å². The Morgan fingerprint density at radius 1 is 1.27 bits per heavy atom. The van der Waals surface area contributed by atoms with E-state index in [1.54, 1.807) is 6.07 Å². The van der Waals surface area contributed by atoms with Crippen LogP contribution in [0.3, 0.4) is 0 Å². The Morgan fingerprint density at radius 3 is 3.00 bits per heavy atom. The molecule has 1 heterocycles. The van der Waals surface area contributed by atoms with Crippen molar-refractivity contribution in [2.75, 3.05) is 13.1 Å². The van der Waals surface area contributed by atoms with Crippen molar-refractivity contribution in [2.45, 2.75) is 31.1 Å². The van der Waals surface area contributed by atoms with E-state index < -0.39 is 0 Å². The van der Waals surface area contributed by atoms with Gasteiger partial charge in [0, 0.05) is 12.0 Å². The van der Waals surface area contributed by atoms with E-state index in [9.17, 15) is 4.39 Å². The molecule has 15 heavy (non-hydrogen) atoms. The van der Waals surface area contributed by atoms with Gasteiger partial charge in [0.1, 0.15) is 5.82 Å². The molecule has 0 radical (unpaired) electrons. The predicted molar refractivity (Wildman–Crippen MR) is 58.5 cm³/mol. The summed E-state index contributed by atoms with van der Waals surface area (Å²) in [6.07, 6.45) is 4.48. The maximum Gasteiger partial charge on any atom is 0.126 e. The van der Waals surface area contributed by atoms with E-state index in [0.29, 0.717) is 0 Å². The summed E-state index contributed by atoms with van der Waals surface area (Å²) in [5.74, 6) is -0.00468. The maximum atomic E-state index is 13.6. The third-order valence-electron chi connectivity index (χ3n) is 4.02. The molecule has 2 heteroatoms. The first-order chi connectivity index (χ1) is 7.32. The number of piperidine rings is 1. The van der Waals surface area contributed by atoms with Gasteiger partial charge in [0.2, 0.25) is 0 Å². The summed E-state index contributed by atoms with van der Waals surface area (Å²) >= 11 is 0. The van der Waals surface area contributed by atoms with E-state index in [1.165, 1.54) is 18.4 Å². The summed E-state index contributed by atoms with van der Waals surface area (Å²) in [6.45, 7) is 2.15.